The van der Waals surface area contributed by atoms with E-state index in [0.29, 0.717) is 42.4 Å². The standard InChI is InChI=1S/C34H31FN2O7S/c1-42-30-12-7-22-19-31(30)43-16-4-14-36-33(38)28-20-25(9-11-29(28)35)44-24-8-10-27-21(17-24)13-15-37(32(22)27)34(39)23-5-3-6-26(18-23)45(2,40)41/h3,5-12,17-20,32H,4,13-16H2,1-2H3,(H,36,38). The van der Waals surface area contributed by atoms with Crippen molar-refractivity contribution in [2.24, 2.45) is 0 Å². The summed E-state index contributed by atoms with van der Waals surface area (Å²) < 4.78 is 56.8. The molecule has 0 radical (unpaired) electrons. The van der Waals surface area contributed by atoms with Gasteiger partial charge in [-0.2, -0.15) is 0 Å². The zero-order valence-electron chi connectivity index (χ0n) is 24.7. The molecule has 0 saturated heterocycles. The Morgan fingerprint density at radius 3 is 2.62 bits per heavy atom. The predicted octanol–water partition coefficient (Wildman–Crippen LogP) is 5.33. The van der Waals surface area contributed by atoms with Gasteiger partial charge in [-0.25, -0.2) is 12.8 Å². The Kier molecular flexibility index (Phi) is 8.20. The van der Waals surface area contributed by atoms with Gasteiger partial charge in [0.25, 0.3) is 11.8 Å². The Morgan fingerprint density at radius 2 is 1.82 bits per heavy atom. The lowest BCUT2D eigenvalue weighted by atomic mass is 9.87. The van der Waals surface area contributed by atoms with E-state index in [1.807, 2.05) is 24.3 Å². The van der Waals surface area contributed by atoms with Crippen LogP contribution < -0.4 is 19.5 Å². The van der Waals surface area contributed by atoms with Gasteiger partial charge in [-0.15, -0.1) is 0 Å². The number of rotatable bonds is 3. The van der Waals surface area contributed by atoms with Crippen LogP contribution in [-0.4, -0.2) is 58.2 Å². The molecule has 1 N–H and O–H groups in total. The quantitative estimate of drug-likeness (QED) is 0.326. The molecule has 1 atom stereocenters. The Bertz CT molecular complexity index is 1910. The minimum absolute atomic E-state index is 0.0672. The lowest BCUT2D eigenvalue weighted by Gasteiger charge is -2.38. The second-order valence-corrected chi connectivity index (χ2v) is 12.9. The number of amides is 2. The molecule has 4 aromatic rings. The summed E-state index contributed by atoms with van der Waals surface area (Å²) in [5.74, 6) is 0.221. The molecule has 0 spiro atoms. The summed E-state index contributed by atoms with van der Waals surface area (Å²) in [6.07, 6.45) is 2.04. The minimum Gasteiger partial charge on any atom is -0.493 e. The number of hydrogen-bond donors (Lipinski definition) is 1. The first-order valence-corrected chi connectivity index (χ1v) is 16.3. The van der Waals surface area contributed by atoms with Crippen molar-refractivity contribution in [1.29, 1.82) is 0 Å². The van der Waals surface area contributed by atoms with E-state index in [9.17, 15) is 22.4 Å². The highest BCUT2D eigenvalue weighted by atomic mass is 32.2. The van der Waals surface area contributed by atoms with E-state index in [1.165, 1.54) is 37.4 Å². The summed E-state index contributed by atoms with van der Waals surface area (Å²) in [5.41, 5.74) is 2.70. The summed E-state index contributed by atoms with van der Waals surface area (Å²) in [4.78, 5) is 28.6. The molecule has 3 aliphatic heterocycles. The molecular weight excluding hydrogens is 599 g/mol. The number of halogens is 1. The topological polar surface area (TPSA) is 111 Å². The molecule has 3 aliphatic rings. The molecule has 0 fully saturated rings. The molecule has 0 saturated carbocycles. The number of nitrogens with zero attached hydrogens (tertiary/aromatic N) is 1. The van der Waals surface area contributed by atoms with Crippen LogP contribution in [0.5, 0.6) is 23.0 Å². The van der Waals surface area contributed by atoms with Gasteiger partial charge in [0, 0.05) is 24.9 Å². The van der Waals surface area contributed by atoms with Crippen molar-refractivity contribution in [3.63, 3.8) is 0 Å². The largest absolute Gasteiger partial charge is 0.493 e. The number of fused-ring (bicyclic) bond motifs is 6. The van der Waals surface area contributed by atoms with Crippen LogP contribution in [0.25, 0.3) is 0 Å². The van der Waals surface area contributed by atoms with Gasteiger partial charge in [-0.3, -0.25) is 9.59 Å². The van der Waals surface area contributed by atoms with Gasteiger partial charge in [0.05, 0.1) is 30.2 Å². The lowest BCUT2D eigenvalue weighted by molar-refractivity contribution is 0.0693. The van der Waals surface area contributed by atoms with Crippen molar-refractivity contribution in [3.8, 4) is 23.0 Å². The first kappa shape index (κ1) is 30.1. The maximum atomic E-state index is 14.6. The van der Waals surface area contributed by atoms with Crippen LogP contribution in [0.1, 0.15) is 49.9 Å². The molecular formula is C34H31FN2O7S. The number of ether oxygens (including phenoxy) is 3. The SMILES string of the molecule is COc1ccc2cc1OCCCNC(=O)c1cc(ccc1F)Oc1ccc3c(c1)CCN(C(=O)c1cccc(S(C)(=O)=O)c1)C23. The van der Waals surface area contributed by atoms with Crippen LogP contribution in [0.2, 0.25) is 0 Å². The van der Waals surface area contributed by atoms with Crippen molar-refractivity contribution in [3.05, 3.63) is 112 Å². The number of methoxy groups -OCH3 is 1. The van der Waals surface area contributed by atoms with Gasteiger partial charge < -0.3 is 24.4 Å². The van der Waals surface area contributed by atoms with Crippen LogP contribution in [0.4, 0.5) is 4.39 Å². The number of hydrogen-bond acceptors (Lipinski definition) is 7. The van der Waals surface area contributed by atoms with Gasteiger partial charge >= 0.3 is 0 Å². The van der Waals surface area contributed by atoms with Crippen molar-refractivity contribution in [1.82, 2.24) is 10.2 Å². The third-order valence-corrected chi connectivity index (χ3v) is 9.01. The number of benzene rings is 4. The molecule has 0 aliphatic carbocycles. The molecule has 45 heavy (non-hydrogen) atoms. The molecule has 232 valence electrons. The van der Waals surface area contributed by atoms with Crippen LogP contribution in [0.3, 0.4) is 0 Å². The summed E-state index contributed by atoms with van der Waals surface area (Å²) in [5, 5.41) is 2.72. The van der Waals surface area contributed by atoms with Gasteiger partial charge in [0.1, 0.15) is 17.3 Å². The van der Waals surface area contributed by atoms with E-state index >= 15 is 0 Å². The smallest absolute Gasteiger partial charge is 0.254 e. The normalized spacial score (nSPS) is 16.5. The summed E-state index contributed by atoms with van der Waals surface area (Å²) in [7, 11) is -1.99. The maximum absolute atomic E-state index is 14.6. The number of sulfone groups is 1. The van der Waals surface area contributed by atoms with Crippen LogP contribution in [0, 0.1) is 5.82 Å². The summed E-state index contributed by atoms with van der Waals surface area (Å²) >= 11 is 0. The Morgan fingerprint density at radius 1 is 1.02 bits per heavy atom. The van der Waals surface area contributed by atoms with Crippen LogP contribution in [0.15, 0.2) is 83.8 Å². The fourth-order valence-corrected chi connectivity index (χ4v) is 6.34. The van der Waals surface area contributed by atoms with E-state index in [2.05, 4.69) is 5.32 Å². The molecule has 2 amide bonds. The third kappa shape index (κ3) is 6.21. The highest BCUT2D eigenvalue weighted by molar-refractivity contribution is 7.90. The van der Waals surface area contributed by atoms with Crippen LogP contribution in [-0.2, 0) is 16.3 Å². The predicted molar refractivity (Wildman–Crippen MR) is 164 cm³/mol. The van der Waals surface area contributed by atoms with Crippen LogP contribution >= 0.6 is 0 Å². The van der Waals surface area contributed by atoms with Gasteiger partial charge in [-0.1, -0.05) is 18.2 Å². The zero-order valence-corrected chi connectivity index (χ0v) is 25.5. The summed E-state index contributed by atoms with van der Waals surface area (Å²) in [6, 6.07) is 20.5. The van der Waals surface area contributed by atoms with Crippen molar-refractivity contribution in [2.75, 3.05) is 33.1 Å². The molecule has 0 aromatic heterocycles. The fraction of sp³-hybridized carbons (Fsp3) is 0.235. The maximum Gasteiger partial charge on any atom is 0.254 e. The Balaban J connectivity index is 1.46. The Hall–Kier alpha value is -4.90. The first-order valence-electron chi connectivity index (χ1n) is 14.4. The van der Waals surface area contributed by atoms with Gasteiger partial charge in [-0.05, 0) is 90.2 Å². The highest BCUT2D eigenvalue weighted by Crippen LogP contribution is 2.41. The number of nitrogens with one attached hydrogen (secondary N) is 1. The van der Waals surface area contributed by atoms with Gasteiger partial charge in [0.15, 0.2) is 21.3 Å². The Labute approximate surface area is 260 Å². The first-order chi connectivity index (χ1) is 21.6. The van der Waals surface area contributed by atoms with E-state index in [1.54, 1.807) is 29.2 Å². The fourth-order valence-electron chi connectivity index (χ4n) is 5.68. The van der Waals surface area contributed by atoms with E-state index < -0.39 is 27.6 Å². The average Bonchev–Trinajstić information content (AvgIpc) is 3.03. The van der Waals surface area contributed by atoms with Crippen molar-refractivity contribution < 1.29 is 36.6 Å². The van der Waals surface area contributed by atoms with Crippen molar-refractivity contribution >= 4 is 21.7 Å². The second-order valence-electron chi connectivity index (χ2n) is 10.9. The number of carbonyl (C=O) groups excluding carboxylic acids is 2. The molecule has 3 heterocycles. The van der Waals surface area contributed by atoms with E-state index in [-0.39, 0.29) is 35.1 Å². The molecule has 11 heteroatoms. The zero-order chi connectivity index (χ0) is 31.7. The summed E-state index contributed by atoms with van der Waals surface area (Å²) in [6.45, 7) is 0.816. The molecule has 7 rings (SSSR count). The minimum atomic E-state index is -3.52. The van der Waals surface area contributed by atoms with Crippen molar-refractivity contribution in [2.45, 2.75) is 23.8 Å². The third-order valence-electron chi connectivity index (χ3n) is 7.90. The number of carbonyl (C=O) groups is 2. The molecule has 1 unspecified atom stereocenters. The van der Waals surface area contributed by atoms with E-state index in [0.717, 1.165) is 22.9 Å². The molecule has 9 nitrogen and oxygen atoms in total. The average molecular weight is 631 g/mol. The van der Waals surface area contributed by atoms with E-state index in [4.69, 9.17) is 14.2 Å². The monoisotopic (exact) mass is 630 g/mol. The molecule has 4 aromatic carbocycles. The van der Waals surface area contributed by atoms with Gasteiger partial charge in [0.2, 0.25) is 0 Å². The molecule has 8 bridgehead atoms. The second kappa shape index (κ2) is 12.2. The lowest BCUT2D eigenvalue weighted by Crippen LogP contribution is -2.40. The highest BCUT2D eigenvalue weighted by Gasteiger charge is 2.34.